The van der Waals surface area contributed by atoms with Gasteiger partial charge in [0.1, 0.15) is 0 Å². The van der Waals surface area contributed by atoms with E-state index in [1.165, 1.54) is 11.8 Å². The van der Waals surface area contributed by atoms with Crippen LogP contribution in [-0.4, -0.2) is 33.0 Å². The maximum absolute atomic E-state index is 11.7. The van der Waals surface area contributed by atoms with E-state index in [2.05, 4.69) is 38.0 Å². The quantitative estimate of drug-likeness (QED) is 0.549. The first-order chi connectivity index (χ1) is 11.2. The molecule has 1 aromatic heterocycles. The molecule has 0 radical (unpaired) electrons. The Morgan fingerprint density at radius 3 is 2.78 bits per heavy atom. The third-order valence-corrected chi connectivity index (χ3v) is 4.53. The molecule has 7 heteroatoms. The molecule has 0 spiro atoms. The highest BCUT2D eigenvalue weighted by Crippen LogP contribution is 2.25. The minimum atomic E-state index is 0.00944. The molecule has 1 amide bonds. The predicted octanol–water partition coefficient (Wildman–Crippen LogP) is 3.51. The number of hydrogen-bond acceptors (Lipinski definition) is 4. The summed E-state index contributed by atoms with van der Waals surface area (Å²) in [5.74, 6) is 1.11. The Labute approximate surface area is 148 Å². The second-order valence-electron chi connectivity index (χ2n) is 4.85. The number of carbonyl (C=O) groups excluding carboxylic acids is 1. The van der Waals surface area contributed by atoms with Gasteiger partial charge in [0.25, 0.3) is 0 Å². The van der Waals surface area contributed by atoms with Crippen molar-refractivity contribution in [1.29, 1.82) is 0 Å². The Balaban J connectivity index is 2.16. The van der Waals surface area contributed by atoms with Crippen molar-refractivity contribution in [2.75, 3.05) is 12.3 Å². The number of nitrogens with one attached hydrogen (secondary N) is 1. The summed E-state index contributed by atoms with van der Waals surface area (Å²) in [4.78, 5) is 11.7. The van der Waals surface area contributed by atoms with E-state index < -0.39 is 0 Å². The number of amides is 1. The zero-order valence-corrected chi connectivity index (χ0v) is 15.4. The average molecular weight is 395 g/mol. The molecule has 0 unspecified atom stereocenters. The van der Waals surface area contributed by atoms with Gasteiger partial charge in [-0.15, -0.1) is 16.8 Å². The first-order valence-corrected chi connectivity index (χ1v) is 9.13. The second kappa shape index (κ2) is 8.88. The molecule has 2 rings (SSSR count). The molecule has 0 atom stereocenters. The van der Waals surface area contributed by atoms with Crippen LogP contribution in [0.5, 0.6) is 0 Å². The Hall–Kier alpha value is -1.60. The summed E-state index contributed by atoms with van der Waals surface area (Å²) >= 11 is 4.81. The van der Waals surface area contributed by atoms with E-state index in [-0.39, 0.29) is 5.91 Å². The second-order valence-corrected chi connectivity index (χ2v) is 6.71. The normalized spacial score (nSPS) is 10.5. The van der Waals surface area contributed by atoms with E-state index in [0.717, 1.165) is 27.4 Å². The monoisotopic (exact) mass is 394 g/mol. The summed E-state index contributed by atoms with van der Waals surface area (Å²) < 4.78 is 2.98. The van der Waals surface area contributed by atoms with Crippen molar-refractivity contribution in [3.63, 3.8) is 0 Å². The lowest BCUT2D eigenvalue weighted by Crippen LogP contribution is -2.25. The molecular formula is C16H19BrN4OS. The molecule has 0 aliphatic rings. The highest BCUT2D eigenvalue weighted by molar-refractivity contribution is 9.10. The van der Waals surface area contributed by atoms with E-state index >= 15 is 0 Å². The molecule has 23 heavy (non-hydrogen) atoms. The van der Waals surface area contributed by atoms with Crippen molar-refractivity contribution in [2.24, 2.45) is 0 Å². The Bertz CT molecular complexity index is 669. The van der Waals surface area contributed by atoms with Crippen LogP contribution in [0, 0.1) is 0 Å². The van der Waals surface area contributed by atoms with Gasteiger partial charge in [-0.1, -0.05) is 52.8 Å². The molecular weight excluding hydrogens is 376 g/mol. The fraction of sp³-hybridized carbons (Fsp3) is 0.312. The zero-order chi connectivity index (χ0) is 16.7. The van der Waals surface area contributed by atoms with Crippen molar-refractivity contribution in [3.05, 3.63) is 41.4 Å². The van der Waals surface area contributed by atoms with Gasteiger partial charge in [0.2, 0.25) is 5.91 Å². The number of rotatable bonds is 8. The average Bonchev–Trinajstić information content (AvgIpc) is 2.95. The van der Waals surface area contributed by atoms with Crippen LogP contribution in [0.1, 0.15) is 13.3 Å². The van der Waals surface area contributed by atoms with Gasteiger partial charge in [0.15, 0.2) is 11.0 Å². The molecule has 0 saturated carbocycles. The van der Waals surface area contributed by atoms with Crippen LogP contribution in [-0.2, 0) is 11.3 Å². The molecule has 0 aliphatic heterocycles. The van der Waals surface area contributed by atoms with Gasteiger partial charge in [-0.3, -0.25) is 9.36 Å². The number of benzene rings is 1. The number of allylic oxidation sites excluding steroid dienone is 1. The van der Waals surface area contributed by atoms with Crippen LogP contribution in [0.4, 0.5) is 0 Å². The highest BCUT2D eigenvalue weighted by Gasteiger charge is 2.14. The van der Waals surface area contributed by atoms with Crippen molar-refractivity contribution in [3.8, 4) is 11.4 Å². The first-order valence-electron chi connectivity index (χ1n) is 7.35. The fourth-order valence-corrected chi connectivity index (χ4v) is 2.99. The van der Waals surface area contributed by atoms with Gasteiger partial charge >= 0.3 is 0 Å². The number of aromatic nitrogens is 3. The van der Waals surface area contributed by atoms with E-state index in [9.17, 15) is 4.79 Å². The lowest BCUT2D eigenvalue weighted by Gasteiger charge is -2.08. The first kappa shape index (κ1) is 17.7. The molecule has 0 bridgehead atoms. The molecule has 0 fully saturated rings. The summed E-state index contributed by atoms with van der Waals surface area (Å²) in [5, 5.41) is 12.1. The summed E-state index contributed by atoms with van der Waals surface area (Å²) in [6.07, 6.45) is 2.73. The largest absolute Gasteiger partial charge is 0.355 e. The minimum absolute atomic E-state index is 0.00944. The van der Waals surface area contributed by atoms with Crippen LogP contribution in [0.2, 0.25) is 0 Å². The van der Waals surface area contributed by atoms with Gasteiger partial charge in [-0.2, -0.15) is 0 Å². The smallest absolute Gasteiger partial charge is 0.230 e. The van der Waals surface area contributed by atoms with Crippen molar-refractivity contribution in [2.45, 2.75) is 25.0 Å². The van der Waals surface area contributed by atoms with Gasteiger partial charge in [-0.05, 0) is 18.6 Å². The van der Waals surface area contributed by atoms with Crippen LogP contribution in [0.15, 0.2) is 46.5 Å². The van der Waals surface area contributed by atoms with Gasteiger partial charge in [0, 0.05) is 23.1 Å². The number of hydrogen-bond donors (Lipinski definition) is 1. The van der Waals surface area contributed by atoms with Crippen molar-refractivity contribution in [1.82, 2.24) is 20.1 Å². The Kier molecular flexibility index (Phi) is 6.85. The summed E-state index contributed by atoms with van der Waals surface area (Å²) in [6.45, 7) is 7.11. The van der Waals surface area contributed by atoms with Gasteiger partial charge in [0.05, 0.1) is 5.75 Å². The van der Waals surface area contributed by atoms with Crippen LogP contribution < -0.4 is 5.32 Å². The third kappa shape index (κ3) is 4.94. The van der Waals surface area contributed by atoms with E-state index in [4.69, 9.17) is 0 Å². The summed E-state index contributed by atoms with van der Waals surface area (Å²) in [6, 6.07) is 7.90. The van der Waals surface area contributed by atoms with E-state index in [0.29, 0.717) is 18.8 Å². The molecule has 1 aromatic carbocycles. The molecule has 1 heterocycles. The lowest BCUT2D eigenvalue weighted by atomic mass is 10.2. The maximum Gasteiger partial charge on any atom is 0.230 e. The van der Waals surface area contributed by atoms with Gasteiger partial charge < -0.3 is 5.32 Å². The number of nitrogens with zero attached hydrogens (tertiary/aromatic N) is 3. The number of carbonyl (C=O) groups is 1. The van der Waals surface area contributed by atoms with E-state index in [1.807, 2.05) is 35.8 Å². The molecule has 5 nitrogen and oxygen atoms in total. The van der Waals surface area contributed by atoms with Crippen molar-refractivity contribution < 1.29 is 4.79 Å². The highest BCUT2D eigenvalue weighted by atomic mass is 79.9. The minimum Gasteiger partial charge on any atom is -0.355 e. The molecule has 0 aliphatic carbocycles. The fourth-order valence-electron chi connectivity index (χ4n) is 1.95. The van der Waals surface area contributed by atoms with Gasteiger partial charge in [-0.25, -0.2) is 0 Å². The number of thioether (sulfide) groups is 1. The zero-order valence-electron chi connectivity index (χ0n) is 13.0. The molecule has 0 saturated heterocycles. The Morgan fingerprint density at radius 2 is 2.13 bits per heavy atom. The summed E-state index contributed by atoms with van der Waals surface area (Å²) in [7, 11) is 0. The Morgan fingerprint density at radius 1 is 1.39 bits per heavy atom. The van der Waals surface area contributed by atoms with Crippen LogP contribution in [0.25, 0.3) is 11.4 Å². The summed E-state index contributed by atoms with van der Waals surface area (Å²) in [5.41, 5.74) is 0.977. The van der Waals surface area contributed by atoms with Crippen molar-refractivity contribution >= 4 is 33.6 Å². The van der Waals surface area contributed by atoms with E-state index in [1.54, 1.807) is 6.08 Å². The predicted molar refractivity (Wildman–Crippen MR) is 97.4 cm³/mol. The van der Waals surface area contributed by atoms with Crippen LogP contribution >= 0.6 is 27.7 Å². The molecule has 1 N–H and O–H groups in total. The number of halogens is 1. The topological polar surface area (TPSA) is 59.8 Å². The third-order valence-electron chi connectivity index (χ3n) is 3.04. The lowest BCUT2D eigenvalue weighted by molar-refractivity contribution is -0.118. The SMILES string of the molecule is C=CCn1c(SCC(=O)NCCC)nnc1-c1ccc(Br)cc1. The molecule has 122 valence electrons. The molecule has 2 aromatic rings. The maximum atomic E-state index is 11.7. The van der Waals surface area contributed by atoms with Crippen LogP contribution in [0.3, 0.4) is 0 Å². The standard InChI is InChI=1S/C16H19BrN4OS/c1-3-9-18-14(22)11-23-16-20-19-15(21(16)10-4-2)12-5-7-13(17)8-6-12/h4-8H,2-3,9-11H2,1H3,(H,18,22).